The average molecular weight is 295 g/mol. The number of carbonyl (C=O) groups excluding carboxylic acids is 1. The van der Waals surface area contributed by atoms with Crippen LogP contribution in [-0.4, -0.2) is 63.3 Å². The average Bonchev–Trinajstić information content (AvgIpc) is 3.12. The Labute approximate surface area is 127 Å². The first-order chi connectivity index (χ1) is 10.1. The minimum absolute atomic E-state index is 0.156. The number of amides is 1. The van der Waals surface area contributed by atoms with E-state index in [1.165, 1.54) is 25.7 Å². The van der Waals surface area contributed by atoms with Gasteiger partial charge in [0, 0.05) is 25.2 Å². The summed E-state index contributed by atoms with van der Waals surface area (Å²) in [5.41, 5.74) is -0.173. The van der Waals surface area contributed by atoms with Crippen molar-refractivity contribution in [2.45, 2.75) is 37.6 Å². The highest BCUT2D eigenvalue weighted by Crippen LogP contribution is 2.38. The number of ether oxygens (including phenoxy) is 1. The van der Waals surface area contributed by atoms with E-state index in [-0.39, 0.29) is 16.9 Å². The van der Waals surface area contributed by atoms with Crippen LogP contribution in [0.15, 0.2) is 0 Å². The summed E-state index contributed by atoms with van der Waals surface area (Å²) in [5, 5.41) is 6.67. The molecule has 1 amide bonds. The van der Waals surface area contributed by atoms with Gasteiger partial charge in [-0.05, 0) is 45.8 Å². The van der Waals surface area contributed by atoms with E-state index in [4.69, 9.17) is 4.74 Å². The van der Waals surface area contributed by atoms with Crippen LogP contribution in [0.5, 0.6) is 0 Å². The van der Waals surface area contributed by atoms with Crippen molar-refractivity contribution in [3.8, 4) is 0 Å². The van der Waals surface area contributed by atoms with Gasteiger partial charge in [-0.3, -0.25) is 4.79 Å². The molecule has 0 aromatic rings. The Balaban J connectivity index is 1.66. The van der Waals surface area contributed by atoms with Gasteiger partial charge in [-0.15, -0.1) is 0 Å². The van der Waals surface area contributed by atoms with Crippen LogP contribution in [0.25, 0.3) is 0 Å². The predicted molar refractivity (Wildman–Crippen MR) is 82.1 cm³/mol. The van der Waals surface area contributed by atoms with Crippen LogP contribution in [0, 0.1) is 11.3 Å². The Morgan fingerprint density at radius 2 is 2.14 bits per heavy atom. The lowest BCUT2D eigenvalue weighted by Crippen LogP contribution is -2.57. The maximum absolute atomic E-state index is 12.9. The van der Waals surface area contributed by atoms with Crippen LogP contribution in [0.2, 0.25) is 0 Å². The Kier molecular flexibility index (Phi) is 4.26. The minimum Gasteiger partial charge on any atom is -0.380 e. The van der Waals surface area contributed by atoms with Crippen LogP contribution in [0.1, 0.15) is 32.1 Å². The first-order valence-electron chi connectivity index (χ1n) is 8.33. The molecule has 1 aliphatic carbocycles. The molecular formula is C16H29N3O2. The highest BCUT2D eigenvalue weighted by Gasteiger charge is 2.51. The van der Waals surface area contributed by atoms with Gasteiger partial charge in [0.15, 0.2) is 0 Å². The van der Waals surface area contributed by atoms with Gasteiger partial charge in [-0.1, -0.05) is 12.8 Å². The van der Waals surface area contributed by atoms with Crippen molar-refractivity contribution in [2.75, 3.05) is 46.9 Å². The molecule has 3 aliphatic rings. The van der Waals surface area contributed by atoms with Gasteiger partial charge in [-0.2, -0.15) is 0 Å². The van der Waals surface area contributed by atoms with Gasteiger partial charge in [0.25, 0.3) is 0 Å². The Hall–Kier alpha value is -0.650. The molecule has 3 rings (SSSR count). The summed E-state index contributed by atoms with van der Waals surface area (Å²) in [6, 6.07) is 0. The highest BCUT2D eigenvalue weighted by molar-refractivity contribution is 5.84. The molecule has 0 aromatic heterocycles. The molecule has 2 aliphatic heterocycles. The zero-order chi connectivity index (χ0) is 14.9. The third kappa shape index (κ3) is 2.60. The number of likely N-dealkylation sites (N-methyl/N-ethyl adjacent to an activating group) is 1. The van der Waals surface area contributed by atoms with E-state index in [2.05, 4.69) is 29.6 Å². The Morgan fingerprint density at radius 3 is 2.86 bits per heavy atom. The van der Waals surface area contributed by atoms with Crippen LogP contribution in [0.3, 0.4) is 0 Å². The fourth-order valence-electron chi connectivity index (χ4n) is 4.40. The van der Waals surface area contributed by atoms with Crippen molar-refractivity contribution in [1.29, 1.82) is 0 Å². The molecule has 0 radical (unpaired) electrons. The second-order valence-electron chi connectivity index (χ2n) is 7.33. The maximum atomic E-state index is 12.9. The third-order valence-corrected chi connectivity index (χ3v) is 6.10. The number of hydrogen-bond acceptors (Lipinski definition) is 4. The molecule has 120 valence electrons. The molecule has 2 heterocycles. The number of fused-ring (bicyclic) bond motifs is 1. The molecule has 5 nitrogen and oxygen atoms in total. The lowest BCUT2D eigenvalue weighted by atomic mass is 9.74. The highest BCUT2D eigenvalue weighted by atomic mass is 16.5. The monoisotopic (exact) mass is 295 g/mol. The number of nitrogens with one attached hydrogen (secondary N) is 2. The summed E-state index contributed by atoms with van der Waals surface area (Å²) < 4.78 is 5.64. The quantitative estimate of drug-likeness (QED) is 0.798. The fourth-order valence-corrected chi connectivity index (χ4v) is 4.40. The molecule has 5 heteroatoms. The second kappa shape index (κ2) is 5.86. The topological polar surface area (TPSA) is 53.6 Å². The van der Waals surface area contributed by atoms with Gasteiger partial charge < -0.3 is 20.3 Å². The molecule has 2 N–H and O–H groups in total. The molecule has 0 aromatic carbocycles. The zero-order valence-corrected chi connectivity index (χ0v) is 13.4. The summed E-state index contributed by atoms with van der Waals surface area (Å²) in [5.74, 6) is 0.635. The zero-order valence-electron chi connectivity index (χ0n) is 13.4. The number of rotatable bonds is 4. The van der Waals surface area contributed by atoms with E-state index in [1.54, 1.807) is 0 Å². The third-order valence-electron chi connectivity index (χ3n) is 6.10. The van der Waals surface area contributed by atoms with Crippen molar-refractivity contribution in [3.63, 3.8) is 0 Å². The molecule has 0 spiro atoms. The lowest BCUT2D eigenvalue weighted by molar-refractivity contribution is -0.141. The van der Waals surface area contributed by atoms with Crippen LogP contribution in [-0.2, 0) is 9.53 Å². The summed E-state index contributed by atoms with van der Waals surface area (Å²) >= 11 is 0. The molecule has 2 atom stereocenters. The molecule has 0 unspecified atom stereocenters. The molecule has 21 heavy (non-hydrogen) atoms. The Morgan fingerprint density at radius 1 is 1.38 bits per heavy atom. The predicted octanol–water partition coefficient (Wildman–Crippen LogP) is 0.603. The normalized spacial score (nSPS) is 34.9. The van der Waals surface area contributed by atoms with Gasteiger partial charge in [0.2, 0.25) is 5.91 Å². The standard InChI is InChI=1S/C16H29N3O2/c1-19(2)15(6-3-4-7-15)10-18-14(20)16-11-17-9-13(16)5-8-21-12-16/h13,17H,3-12H2,1-2H3,(H,18,20)/t13-,16+/m1/s1. The van der Waals surface area contributed by atoms with Crippen LogP contribution in [0.4, 0.5) is 0 Å². The van der Waals surface area contributed by atoms with Crippen LogP contribution >= 0.6 is 0 Å². The van der Waals surface area contributed by atoms with Gasteiger partial charge in [-0.25, -0.2) is 0 Å². The first-order valence-corrected chi connectivity index (χ1v) is 8.33. The van der Waals surface area contributed by atoms with E-state index >= 15 is 0 Å². The summed E-state index contributed by atoms with van der Waals surface area (Å²) in [4.78, 5) is 15.2. The van der Waals surface area contributed by atoms with Gasteiger partial charge >= 0.3 is 0 Å². The van der Waals surface area contributed by atoms with E-state index < -0.39 is 0 Å². The van der Waals surface area contributed by atoms with Crippen molar-refractivity contribution >= 4 is 5.91 Å². The molecule has 1 saturated carbocycles. The Bertz CT molecular complexity index is 393. The van der Waals surface area contributed by atoms with E-state index in [0.29, 0.717) is 12.5 Å². The van der Waals surface area contributed by atoms with E-state index in [9.17, 15) is 4.79 Å². The van der Waals surface area contributed by atoms with E-state index in [0.717, 1.165) is 32.7 Å². The summed E-state index contributed by atoms with van der Waals surface area (Å²) in [7, 11) is 4.28. The lowest BCUT2D eigenvalue weighted by Gasteiger charge is -2.40. The van der Waals surface area contributed by atoms with Crippen LogP contribution < -0.4 is 10.6 Å². The fraction of sp³-hybridized carbons (Fsp3) is 0.938. The SMILES string of the molecule is CN(C)C1(CNC(=O)[C@]23CNC[C@H]2CCOC3)CCCC1. The molecule has 0 bridgehead atoms. The number of nitrogens with zero attached hydrogens (tertiary/aromatic N) is 1. The van der Waals surface area contributed by atoms with Crippen molar-refractivity contribution in [3.05, 3.63) is 0 Å². The first kappa shape index (κ1) is 15.3. The molecule has 2 saturated heterocycles. The molecular weight excluding hydrogens is 266 g/mol. The van der Waals surface area contributed by atoms with Gasteiger partial charge in [0.05, 0.1) is 12.0 Å². The van der Waals surface area contributed by atoms with E-state index in [1.807, 2.05) is 0 Å². The van der Waals surface area contributed by atoms with Crippen molar-refractivity contribution < 1.29 is 9.53 Å². The smallest absolute Gasteiger partial charge is 0.230 e. The number of hydrogen-bond donors (Lipinski definition) is 2. The largest absolute Gasteiger partial charge is 0.380 e. The summed E-state index contributed by atoms with van der Waals surface area (Å²) in [6.07, 6.45) is 5.91. The van der Waals surface area contributed by atoms with Crippen molar-refractivity contribution in [1.82, 2.24) is 15.5 Å². The maximum Gasteiger partial charge on any atom is 0.230 e. The van der Waals surface area contributed by atoms with Crippen molar-refractivity contribution in [2.24, 2.45) is 11.3 Å². The minimum atomic E-state index is -0.329. The summed E-state index contributed by atoms with van der Waals surface area (Å²) in [6.45, 7) is 3.86. The number of carbonyl (C=O) groups is 1. The molecule has 3 fully saturated rings. The second-order valence-corrected chi connectivity index (χ2v) is 7.33. The van der Waals surface area contributed by atoms with Gasteiger partial charge in [0.1, 0.15) is 0 Å².